The number of hydrogen-bond donors (Lipinski definition) is 1. The number of pyridine rings is 1. The minimum absolute atomic E-state index is 0.663. The summed E-state index contributed by atoms with van der Waals surface area (Å²) in [5.74, 6) is 3.33. The van der Waals surface area contributed by atoms with Crippen molar-refractivity contribution in [1.29, 1.82) is 0 Å². The quantitative estimate of drug-likeness (QED) is 0.848. The number of nitrogens with zero attached hydrogens (tertiary/aromatic N) is 1. The summed E-state index contributed by atoms with van der Waals surface area (Å²) in [6, 6.07) is 5.88. The van der Waals surface area contributed by atoms with Gasteiger partial charge in [0.05, 0.1) is 6.61 Å². The maximum atomic E-state index is 5.38. The number of rotatable bonds is 5. The van der Waals surface area contributed by atoms with Gasteiger partial charge in [-0.25, -0.2) is 0 Å². The van der Waals surface area contributed by atoms with Crippen molar-refractivity contribution < 1.29 is 4.74 Å². The van der Waals surface area contributed by atoms with Gasteiger partial charge in [-0.2, -0.15) is 4.98 Å². The molecule has 2 unspecified atom stereocenters. The van der Waals surface area contributed by atoms with E-state index in [4.69, 9.17) is 4.74 Å². The van der Waals surface area contributed by atoms with Crippen molar-refractivity contribution in [2.75, 3.05) is 18.5 Å². The molecule has 3 heteroatoms. The fraction of sp³-hybridized carbons (Fsp3) is 0.643. The first kappa shape index (κ1) is 12.2. The third kappa shape index (κ3) is 3.62. The molecule has 1 aromatic rings. The molecule has 17 heavy (non-hydrogen) atoms. The monoisotopic (exact) mass is 234 g/mol. The Morgan fingerprint density at radius 1 is 1.41 bits per heavy atom. The molecule has 0 aliphatic heterocycles. The largest absolute Gasteiger partial charge is 0.478 e. The SMILES string of the molecule is CCOc1cccc(NCC2CCC(C)C2)n1. The maximum Gasteiger partial charge on any atom is 0.215 e. The molecule has 3 nitrogen and oxygen atoms in total. The van der Waals surface area contributed by atoms with E-state index in [1.54, 1.807) is 0 Å². The Hall–Kier alpha value is -1.25. The minimum Gasteiger partial charge on any atom is -0.478 e. The lowest BCUT2D eigenvalue weighted by Gasteiger charge is -2.12. The smallest absolute Gasteiger partial charge is 0.215 e. The van der Waals surface area contributed by atoms with Crippen LogP contribution in [0.2, 0.25) is 0 Å². The van der Waals surface area contributed by atoms with Gasteiger partial charge in [-0.05, 0) is 37.7 Å². The molecule has 0 bridgehead atoms. The Labute approximate surface area is 104 Å². The van der Waals surface area contributed by atoms with Crippen molar-refractivity contribution in [3.05, 3.63) is 18.2 Å². The standard InChI is InChI=1S/C14H22N2O/c1-3-17-14-6-4-5-13(16-14)15-10-12-8-7-11(2)9-12/h4-6,11-12H,3,7-10H2,1-2H3,(H,15,16). The highest BCUT2D eigenvalue weighted by Crippen LogP contribution is 2.30. The Bertz CT molecular complexity index is 354. The predicted octanol–water partition coefficient (Wildman–Crippen LogP) is 3.33. The Kier molecular flexibility index (Phi) is 4.24. The van der Waals surface area contributed by atoms with Crippen LogP contribution in [0.3, 0.4) is 0 Å². The zero-order valence-electron chi connectivity index (χ0n) is 10.8. The number of nitrogens with one attached hydrogen (secondary N) is 1. The third-order valence-corrected chi connectivity index (χ3v) is 3.39. The summed E-state index contributed by atoms with van der Waals surface area (Å²) in [5, 5.41) is 3.41. The molecule has 1 fully saturated rings. The van der Waals surface area contributed by atoms with Crippen molar-refractivity contribution in [3.63, 3.8) is 0 Å². The van der Waals surface area contributed by atoms with Gasteiger partial charge in [-0.15, -0.1) is 0 Å². The van der Waals surface area contributed by atoms with E-state index in [1.165, 1.54) is 19.3 Å². The number of ether oxygens (including phenoxy) is 1. The van der Waals surface area contributed by atoms with Gasteiger partial charge in [0.15, 0.2) is 0 Å². The highest BCUT2D eigenvalue weighted by molar-refractivity contribution is 5.37. The topological polar surface area (TPSA) is 34.1 Å². The molecule has 0 amide bonds. The van der Waals surface area contributed by atoms with Crippen molar-refractivity contribution >= 4 is 5.82 Å². The normalized spacial score (nSPS) is 23.6. The summed E-state index contributed by atoms with van der Waals surface area (Å²) in [6.45, 7) is 6.01. The summed E-state index contributed by atoms with van der Waals surface area (Å²) in [6.07, 6.45) is 4.07. The Morgan fingerprint density at radius 2 is 2.29 bits per heavy atom. The Morgan fingerprint density at radius 3 is 3.00 bits per heavy atom. The van der Waals surface area contributed by atoms with E-state index < -0.39 is 0 Å². The molecule has 2 rings (SSSR count). The van der Waals surface area contributed by atoms with Crippen molar-refractivity contribution in [1.82, 2.24) is 4.98 Å². The molecule has 2 atom stereocenters. The van der Waals surface area contributed by atoms with Crippen LogP contribution in [0.15, 0.2) is 18.2 Å². The molecule has 0 aromatic carbocycles. The van der Waals surface area contributed by atoms with Crippen LogP contribution >= 0.6 is 0 Å². The van der Waals surface area contributed by atoms with E-state index in [2.05, 4.69) is 17.2 Å². The number of anilines is 1. The van der Waals surface area contributed by atoms with Gasteiger partial charge >= 0.3 is 0 Å². The lowest BCUT2D eigenvalue weighted by molar-refractivity contribution is 0.327. The molecule has 1 aliphatic rings. The van der Waals surface area contributed by atoms with Gasteiger partial charge in [0.1, 0.15) is 5.82 Å². The fourth-order valence-electron chi connectivity index (χ4n) is 2.50. The molecule has 1 N–H and O–H groups in total. The minimum atomic E-state index is 0.663. The van der Waals surface area contributed by atoms with Crippen molar-refractivity contribution in [2.24, 2.45) is 11.8 Å². The lowest BCUT2D eigenvalue weighted by Crippen LogP contribution is -2.12. The third-order valence-electron chi connectivity index (χ3n) is 3.39. The summed E-state index contributed by atoms with van der Waals surface area (Å²) >= 11 is 0. The molecule has 1 aliphatic carbocycles. The second-order valence-electron chi connectivity index (χ2n) is 4.96. The molecule has 94 valence electrons. The zero-order valence-corrected chi connectivity index (χ0v) is 10.8. The lowest BCUT2D eigenvalue weighted by atomic mass is 10.1. The van der Waals surface area contributed by atoms with Crippen LogP contribution < -0.4 is 10.1 Å². The van der Waals surface area contributed by atoms with Crippen LogP contribution in [0.1, 0.15) is 33.1 Å². The Balaban J connectivity index is 1.83. The summed E-state index contributed by atoms with van der Waals surface area (Å²) in [7, 11) is 0. The van der Waals surface area contributed by atoms with E-state index in [-0.39, 0.29) is 0 Å². The molecular weight excluding hydrogens is 212 g/mol. The maximum absolute atomic E-state index is 5.38. The first-order valence-electron chi connectivity index (χ1n) is 6.61. The van der Waals surface area contributed by atoms with Gasteiger partial charge < -0.3 is 10.1 Å². The summed E-state index contributed by atoms with van der Waals surface area (Å²) < 4.78 is 5.38. The molecular formula is C14H22N2O. The van der Waals surface area contributed by atoms with Gasteiger partial charge in [0, 0.05) is 12.6 Å². The zero-order chi connectivity index (χ0) is 12.1. The van der Waals surface area contributed by atoms with Gasteiger partial charge in [-0.1, -0.05) is 19.4 Å². The second kappa shape index (κ2) is 5.89. The van der Waals surface area contributed by atoms with Gasteiger partial charge in [0.2, 0.25) is 5.88 Å². The fourth-order valence-corrected chi connectivity index (χ4v) is 2.50. The summed E-state index contributed by atoms with van der Waals surface area (Å²) in [4.78, 5) is 4.41. The molecule has 0 spiro atoms. The van der Waals surface area contributed by atoms with E-state index in [1.807, 2.05) is 25.1 Å². The molecule has 0 saturated heterocycles. The average Bonchev–Trinajstić information content (AvgIpc) is 2.74. The predicted molar refractivity (Wildman–Crippen MR) is 70.4 cm³/mol. The van der Waals surface area contributed by atoms with E-state index >= 15 is 0 Å². The number of hydrogen-bond acceptors (Lipinski definition) is 3. The van der Waals surface area contributed by atoms with Crippen LogP contribution in [0.25, 0.3) is 0 Å². The second-order valence-corrected chi connectivity index (χ2v) is 4.96. The first-order valence-corrected chi connectivity index (χ1v) is 6.61. The number of aromatic nitrogens is 1. The molecule has 0 radical (unpaired) electrons. The van der Waals surface area contributed by atoms with Crippen LogP contribution in [0.5, 0.6) is 5.88 Å². The highest BCUT2D eigenvalue weighted by Gasteiger charge is 2.20. The van der Waals surface area contributed by atoms with Crippen LogP contribution in [-0.4, -0.2) is 18.1 Å². The summed E-state index contributed by atoms with van der Waals surface area (Å²) in [5.41, 5.74) is 0. The van der Waals surface area contributed by atoms with Crippen LogP contribution in [0.4, 0.5) is 5.82 Å². The van der Waals surface area contributed by atoms with Gasteiger partial charge in [0.25, 0.3) is 0 Å². The molecule has 1 aromatic heterocycles. The van der Waals surface area contributed by atoms with Crippen molar-refractivity contribution in [3.8, 4) is 5.88 Å². The molecule has 1 saturated carbocycles. The first-order chi connectivity index (χ1) is 8.28. The van der Waals surface area contributed by atoms with E-state index in [0.29, 0.717) is 12.5 Å². The van der Waals surface area contributed by atoms with Crippen LogP contribution in [-0.2, 0) is 0 Å². The highest BCUT2D eigenvalue weighted by atomic mass is 16.5. The molecule has 1 heterocycles. The average molecular weight is 234 g/mol. The van der Waals surface area contributed by atoms with Crippen molar-refractivity contribution in [2.45, 2.75) is 33.1 Å². The van der Waals surface area contributed by atoms with E-state index in [9.17, 15) is 0 Å². The van der Waals surface area contributed by atoms with E-state index in [0.717, 1.165) is 24.2 Å². The van der Waals surface area contributed by atoms with Gasteiger partial charge in [-0.3, -0.25) is 0 Å². The van der Waals surface area contributed by atoms with Crippen LogP contribution in [0, 0.1) is 11.8 Å².